The Hall–Kier alpha value is -0.610. The molecule has 3 rings (SSSR count). The summed E-state index contributed by atoms with van der Waals surface area (Å²) in [5.74, 6) is -0.191. The quantitative estimate of drug-likeness (QED) is 0.827. The Labute approximate surface area is 128 Å². The Bertz CT molecular complexity index is 468. The number of benzene rings is 1. The SMILES string of the molecule is Fc1cc(Br)ccc1NC1CCOC2(CCCCC2)C1. The van der Waals surface area contributed by atoms with Gasteiger partial charge in [-0.15, -0.1) is 0 Å². The van der Waals surface area contributed by atoms with Gasteiger partial charge in [-0.25, -0.2) is 4.39 Å². The van der Waals surface area contributed by atoms with Gasteiger partial charge in [0.05, 0.1) is 11.3 Å². The minimum Gasteiger partial charge on any atom is -0.380 e. The van der Waals surface area contributed by atoms with E-state index in [9.17, 15) is 4.39 Å². The van der Waals surface area contributed by atoms with Gasteiger partial charge in [0.2, 0.25) is 0 Å². The molecule has 2 fully saturated rings. The lowest BCUT2D eigenvalue weighted by atomic mass is 9.78. The maximum Gasteiger partial charge on any atom is 0.147 e. The molecule has 0 radical (unpaired) electrons. The molecule has 2 nitrogen and oxygen atoms in total. The highest BCUT2D eigenvalue weighted by Crippen LogP contribution is 2.39. The van der Waals surface area contributed by atoms with Crippen LogP contribution in [0.2, 0.25) is 0 Å². The number of ether oxygens (including phenoxy) is 1. The van der Waals surface area contributed by atoms with E-state index in [1.807, 2.05) is 12.1 Å². The molecule has 1 aromatic carbocycles. The van der Waals surface area contributed by atoms with E-state index in [0.717, 1.165) is 36.8 Å². The number of halogens is 2. The molecule has 1 unspecified atom stereocenters. The lowest BCUT2D eigenvalue weighted by Crippen LogP contribution is -2.45. The normalized spacial score (nSPS) is 25.6. The summed E-state index contributed by atoms with van der Waals surface area (Å²) in [6.45, 7) is 0.788. The summed E-state index contributed by atoms with van der Waals surface area (Å²) in [5, 5.41) is 3.37. The van der Waals surface area contributed by atoms with Crippen molar-refractivity contribution >= 4 is 21.6 Å². The second kappa shape index (κ2) is 6.02. The molecule has 1 atom stereocenters. The smallest absolute Gasteiger partial charge is 0.147 e. The number of hydrogen-bond acceptors (Lipinski definition) is 2. The fraction of sp³-hybridized carbons (Fsp3) is 0.625. The molecule has 1 aliphatic heterocycles. The van der Waals surface area contributed by atoms with Gasteiger partial charge in [-0.1, -0.05) is 35.2 Å². The van der Waals surface area contributed by atoms with Crippen LogP contribution in [-0.2, 0) is 4.74 Å². The molecule has 110 valence electrons. The van der Waals surface area contributed by atoms with Crippen molar-refractivity contribution in [2.75, 3.05) is 11.9 Å². The number of rotatable bonds is 2. The van der Waals surface area contributed by atoms with Crippen LogP contribution in [0.1, 0.15) is 44.9 Å². The van der Waals surface area contributed by atoms with Crippen LogP contribution in [0.5, 0.6) is 0 Å². The first kappa shape index (κ1) is 14.3. The van der Waals surface area contributed by atoms with Crippen LogP contribution in [0.15, 0.2) is 22.7 Å². The fourth-order valence-electron chi connectivity index (χ4n) is 3.52. The molecule has 1 aliphatic carbocycles. The fourth-order valence-corrected chi connectivity index (χ4v) is 3.86. The molecule has 1 saturated carbocycles. The first-order valence-electron chi connectivity index (χ1n) is 7.52. The molecule has 4 heteroatoms. The average Bonchev–Trinajstić information content (AvgIpc) is 2.43. The van der Waals surface area contributed by atoms with E-state index in [1.165, 1.54) is 25.3 Å². The van der Waals surface area contributed by atoms with E-state index in [0.29, 0.717) is 11.7 Å². The molecule has 1 aromatic rings. The van der Waals surface area contributed by atoms with Crippen molar-refractivity contribution < 1.29 is 9.13 Å². The highest BCUT2D eigenvalue weighted by Gasteiger charge is 2.38. The predicted molar refractivity (Wildman–Crippen MR) is 82.5 cm³/mol. The second-order valence-corrected chi connectivity index (χ2v) is 6.97. The van der Waals surface area contributed by atoms with Crippen molar-refractivity contribution in [3.8, 4) is 0 Å². The number of anilines is 1. The molecule has 0 aromatic heterocycles. The van der Waals surface area contributed by atoms with Crippen LogP contribution in [-0.4, -0.2) is 18.2 Å². The van der Waals surface area contributed by atoms with Gasteiger partial charge in [-0.2, -0.15) is 0 Å². The standard InChI is InChI=1S/C16H21BrFNO/c17-12-4-5-15(14(18)10-12)19-13-6-9-20-16(11-13)7-2-1-3-8-16/h4-5,10,13,19H,1-3,6-9,11H2. The van der Waals surface area contributed by atoms with E-state index in [2.05, 4.69) is 21.2 Å². The van der Waals surface area contributed by atoms with Gasteiger partial charge < -0.3 is 10.1 Å². The third kappa shape index (κ3) is 3.17. The van der Waals surface area contributed by atoms with Crippen molar-refractivity contribution in [1.29, 1.82) is 0 Å². The predicted octanol–water partition coefficient (Wildman–Crippen LogP) is 4.88. The van der Waals surface area contributed by atoms with Gasteiger partial charge >= 0.3 is 0 Å². The van der Waals surface area contributed by atoms with Crippen molar-refractivity contribution in [2.45, 2.75) is 56.6 Å². The largest absolute Gasteiger partial charge is 0.380 e. The number of hydrogen-bond donors (Lipinski definition) is 1. The molecule has 1 spiro atoms. The molecule has 1 heterocycles. The number of nitrogens with one attached hydrogen (secondary N) is 1. The maximum atomic E-state index is 13.9. The topological polar surface area (TPSA) is 21.3 Å². The minimum absolute atomic E-state index is 0.0556. The molecule has 20 heavy (non-hydrogen) atoms. The highest BCUT2D eigenvalue weighted by molar-refractivity contribution is 9.10. The third-order valence-corrected chi connectivity index (χ3v) is 5.04. The van der Waals surface area contributed by atoms with Crippen molar-refractivity contribution in [1.82, 2.24) is 0 Å². The Morgan fingerprint density at radius 2 is 2.05 bits per heavy atom. The van der Waals surface area contributed by atoms with Gasteiger partial charge in [0.15, 0.2) is 0 Å². The van der Waals surface area contributed by atoms with E-state index in [1.54, 1.807) is 0 Å². The third-order valence-electron chi connectivity index (χ3n) is 4.55. The summed E-state index contributed by atoms with van der Waals surface area (Å²) in [6, 6.07) is 5.51. The Morgan fingerprint density at radius 3 is 2.80 bits per heavy atom. The molecular formula is C16H21BrFNO. The van der Waals surface area contributed by atoms with Gasteiger partial charge in [-0.05, 0) is 43.9 Å². The second-order valence-electron chi connectivity index (χ2n) is 6.05. The molecule has 0 bridgehead atoms. The Morgan fingerprint density at radius 1 is 1.25 bits per heavy atom. The summed E-state index contributed by atoms with van der Waals surface area (Å²) in [6.07, 6.45) is 8.13. The summed E-state index contributed by atoms with van der Waals surface area (Å²) in [4.78, 5) is 0. The van der Waals surface area contributed by atoms with E-state index < -0.39 is 0 Å². The van der Waals surface area contributed by atoms with Crippen LogP contribution in [0.25, 0.3) is 0 Å². The van der Waals surface area contributed by atoms with Crippen LogP contribution < -0.4 is 5.32 Å². The molecule has 0 amide bonds. The summed E-state index contributed by atoms with van der Waals surface area (Å²) < 4.78 is 20.8. The minimum atomic E-state index is -0.191. The first-order valence-corrected chi connectivity index (χ1v) is 8.32. The lowest BCUT2D eigenvalue weighted by Gasteiger charge is -2.44. The monoisotopic (exact) mass is 341 g/mol. The van der Waals surface area contributed by atoms with Gasteiger partial charge in [0.25, 0.3) is 0 Å². The van der Waals surface area contributed by atoms with Crippen LogP contribution >= 0.6 is 15.9 Å². The highest BCUT2D eigenvalue weighted by atomic mass is 79.9. The van der Waals surface area contributed by atoms with Crippen molar-refractivity contribution in [2.24, 2.45) is 0 Å². The van der Waals surface area contributed by atoms with Crippen molar-refractivity contribution in [3.05, 3.63) is 28.5 Å². The first-order chi connectivity index (χ1) is 9.67. The van der Waals surface area contributed by atoms with Crippen LogP contribution in [0.3, 0.4) is 0 Å². The van der Waals surface area contributed by atoms with E-state index in [4.69, 9.17) is 4.74 Å². The van der Waals surface area contributed by atoms with Crippen molar-refractivity contribution in [3.63, 3.8) is 0 Å². The zero-order valence-corrected chi connectivity index (χ0v) is 13.2. The van der Waals surface area contributed by atoms with Crippen LogP contribution in [0, 0.1) is 5.82 Å². The molecule has 1 saturated heterocycles. The molecule has 2 aliphatic rings. The lowest BCUT2D eigenvalue weighted by molar-refractivity contribution is -0.103. The van der Waals surface area contributed by atoms with Gasteiger partial charge in [0.1, 0.15) is 5.82 Å². The van der Waals surface area contributed by atoms with E-state index >= 15 is 0 Å². The van der Waals surface area contributed by atoms with E-state index in [-0.39, 0.29) is 11.4 Å². The molecular weight excluding hydrogens is 321 g/mol. The average molecular weight is 342 g/mol. The zero-order valence-electron chi connectivity index (χ0n) is 11.6. The summed E-state index contributed by atoms with van der Waals surface area (Å²) in [5.41, 5.74) is 0.658. The van der Waals surface area contributed by atoms with Gasteiger partial charge in [0, 0.05) is 17.1 Å². The Balaban J connectivity index is 1.68. The molecule has 1 N–H and O–H groups in total. The maximum absolute atomic E-state index is 13.9. The van der Waals surface area contributed by atoms with Crippen LogP contribution in [0.4, 0.5) is 10.1 Å². The summed E-state index contributed by atoms with van der Waals surface area (Å²) >= 11 is 3.29. The summed E-state index contributed by atoms with van der Waals surface area (Å²) in [7, 11) is 0. The zero-order chi connectivity index (χ0) is 14.0. The Kier molecular flexibility index (Phi) is 4.32. The van der Waals surface area contributed by atoms with Gasteiger partial charge in [-0.3, -0.25) is 0 Å².